The second kappa shape index (κ2) is 4.37. The number of rotatable bonds is 2. The van der Waals surface area contributed by atoms with E-state index in [1.165, 1.54) is 0 Å². The third kappa shape index (κ3) is 1.86. The van der Waals surface area contributed by atoms with Crippen molar-refractivity contribution >= 4 is 0 Å². The number of para-hydroxylation sites is 2. The fraction of sp³-hybridized carbons (Fsp3) is 0.250. The van der Waals surface area contributed by atoms with Crippen molar-refractivity contribution < 1.29 is 14.0 Å². The van der Waals surface area contributed by atoms with Crippen LogP contribution < -0.4 is 9.47 Å². The number of fused-ring (bicyclic) bond motifs is 1. The van der Waals surface area contributed by atoms with Gasteiger partial charge in [0.15, 0.2) is 17.6 Å². The Hall–Kier alpha value is -2.55. The molecule has 0 saturated carbocycles. The van der Waals surface area contributed by atoms with Crippen LogP contribution in [0, 0.1) is 11.3 Å². The average Bonchev–Trinajstić information content (AvgIpc) is 2.87. The lowest BCUT2D eigenvalue weighted by Crippen LogP contribution is -2.22. The molecule has 2 heterocycles. The number of hydrogen-bond donors (Lipinski definition) is 0. The lowest BCUT2D eigenvalue weighted by atomic mass is 10.2. The molecule has 0 fully saturated rings. The third-order valence-corrected chi connectivity index (χ3v) is 2.51. The molecule has 18 heavy (non-hydrogen) atoms. The van der Waals surface area contributed by atoms with E-state index in [4.69, 9.17) is 19.3 Å². The second-order valence-corrected chi connectivity index (χ2v) is 3.75. The first-order valence-electron chi connectivity index (χ1n) is 5.45. The van der Waals surface area contributed by atoms with Crippen LogP contribution in [-0.2, 0) is 6.42 Å². The minimum atomic E-state index is -0.406. The highest BCUT2D eigenvalue weighted by atomic mass is 16.6. The Morgan fingerprint density at radius 3 is 3.00 bits per heavy atom. The highest BCUT2D eigenvalue weighted by molar-refractivity contribution is 5.40. The van der Waals surface area contributed by atoms with Gasteiger partial charge in [-0.2, -0.15) is 10.2 Å². The van der Waals surface area contributed by atoms with Crippen LogP contribution >= 0.6 is 0 Å². The molecule has 90 valence electrons. The van der Waals surface area contributed by atoms with E-state index in [0.29, 0.717) is 23.9 Å². The van der Waals surface area contributed by atoms with E-state index in [0.717, 1.165) is 0 Å². The van der Waals surface area contributed by atoms with Crippen molar-refractivity contribution in [1.82, 2.24) is 10.1 Å². The largest absolute Gasteiger partial charge is 0.485 e. The SMILES string of the molecule is N#CCc1nc(C2COc3ccccc3O2)no1. The van der Waals surface area contributed by atoms with E-state index in [1.54, 1.807) is 0 Å². The van der Waals surface area contributed by atoms with Crippen LogP contribution in [0.15, 0.2) is 28.8 Å². The monoisotopic (exact) mass is 243 g/mol. The minimum Gasteiger partial charge on any atom is -0.485 e. The molecule has 1 aromatic heterocycles. The van der Waals surface area contributed by atoms with Crippen molar-refractivity contribution in [2.24, 2.45) is 0 Å². The van der Waals surface area contributed by atoms with Crippen LogP contribution in [-0.4, -0.2) is 16.7 Å². The maximum absolute atomic E-state index is 8.54. The Bertz CT molecular complexity index is 603. The Morgan fingerprint density at radius 2 is 2.17 bits per heavy atom. The number of nitriles is 1. The zero-order valence-corrected chi connectivity index (χ0v) is 9.37. The lowest BCUT2D eigenvalue weighted by Gasteiger charge is -2.24. The molecule has 0 bridgehead atoms. The second-order valence-electron chi connectivity index (χ2n) is 3.75. The molecular formula is C12H9N3O3. The predicted molar refractivity (Wildman–Crippen MR) is 58.9 cm³/mol. The van der Waals surface area contributed by atoms with Crippen molar-refractivity contribution in [3.05, 3.63) is 36.0 Å². The Labute approximate surface area is 103 Å². The summed E-state index contributed by atoms with van der Waals surface area (Å²) in [7, 11) is 0. The van der Waals surface area contributed by atoms with E-state index >= 15 is 0 Å². The number of nitrogens with zero attached hydrogens (tertiary/aromatic N) is 3. The molecular weight excluding hydrogens is 234 g/mol. The molecule has 3 rings (SSSR count). The van der Waals surface area contributed by atoms with Gasteiger partial charge in [-0.05, 0) is 12.1 Å². The highest BCUT2D eigenvalue weighted by Crippen LogP contribution is 2.34. The van der Waals surface area contributed by atoms with E-state index in [1.807, 2.05) is 30.3 Å². The van der Waals surface area contributed by atoms with Gasteiger partial charge in [0.25, 0.3) is 0 Å². The van der Waals surface area contributed by atoms with Gasteiger partial charge in [-0.3, -0.25) is 0 Å². The van der Waals surface area contributed by atoms with Crippen molar-refractivity contribution in [3.8, 4) is 17.6 Å². The molecule has 0 saturated heterocycles. The molecule has 1 unspecified atom stereocenters. The molecule has 0 amide bonds. The van der Waals surface area contributed by atoms with Crippen LogP contribution in [0.5, 0.6) is 11.5 Å². The first kappa shape index (κ1) is 10.6. The van der Waals surface area contributed by atoms with Gasteiger partial charge in [0.1, 0.15) is 13.0 Å². The molecule has 0 aliphatic carbocycles. The number of aromatic nitrogens is 2. The van der Waals surface area contributed by atoms with E-state index in [-0.39, 0.29) is 12.3 Å². The lowest BCUT2D eigenvalue weighted by molar-refractivity contribution is 0.0832. The molecule has 2 aromatic rings. The first-order valence-corrected chi connectivity index (χ1v) is 5.45. The average molecular weight is 243 g/mol. The van der Waals surface area contributed by atoms with Gasteiger partial charge in [-0.1, -0.05) is 17.3 Å². The van der Waals surface area contributed by atoms with Gasteiger partial charge in [0, 0.05) is 0 Å². The molecule has 0 spiro atoms. The standard InChI is InChI=1S/C12H9N3O3/c13-6-5-11-14-12(15-18-11)10-7-16-8-3-1-2-4-9(8)17-10/h1-4,10H,5,7H2. The quantitative estimate of drug-likeness (QED) is 0.797. The van der Waals surface area contributed by atoms with Gasteiger partial charge in [-0.15, -0.1) is 0 Å². The third-order valence-electron chi connectivity index (χ3n) is 2.51. The number of hydrogen-bond acceptors (Lipinski definition) is 6. The van der Waals surface area contributed by atoms with Crippen LogP contribution in [0.1, 0.15) is 17.8 Å². The Balaban J connectivity index is 1.81. The van der Waals surface area contributed by atoms with Crippen LogP contribution in [0.25, 0.3) is 0 Å². The van der Waals surface area contributed by atoms with Crippen LogP contribution in [0.3, 0.4) is 0 Å². The topological polar surface area (TPSA) is 81.2 Å². The maximum atomic E-state index is 8.54. The van der Waals surface area contributed by atoms with Crippen molar-refractivity contribution in [2.45, 2.75) is 12.5 Å². The van der Waals surface area contributed by atoms with Gasteiger partial charge >= 0.3 is 0 Å². The normalized spacial score (nSPS) is 17.2. The van der Waals surface area contributed by atoms with E-state index < -0.39 is 6.10 Å². The van der Waals surface area contributed by atoms with Crippen molar-refractivity contribution in [3.63, 3.8) is 0 Å². The van der Waals surface area contributed by atoms with Crippen LogP contribution in [0.2, 0.25) is 0 Å². The first-order chi connectivity index (χ1) is 8.86. The van der Waals surface area contributed by atoms with Gasteiger partial charge in [-0.25, -0.2) is 0 Å². The molecule has 1 aliphatic heterocycles. The number of benzene rings is 1. The molecule has 0 radical (unpaired) electrons. The molecule has 1 aliphatic rings. The summed E-state index contributed by atoms with van der Waals surface area (Å²) in [6, 6.07) is 9.34. The summed E-state index contributed by atoms with van der Waals surface area (Å²) in [5.74, 6) is 2.04. The summed E-state index contributed by atoms with van der Waals surface area (Å²) in [4.78, 5) is 4.09. The predicted octanol–water partition coefficient (Wildman–Crippen LogP) is 1.65. The molecule has 0 N–H and O–H groups in total. The van der Waals surface area contributed by atoms with Gasteiger partial charge in [0.05, 0.1) is 6.07 Å². The van der Waals surface area contributed by atoms with E-state index in [2.05, 4.69) is 10.1 Å². The Morgan fingerprint density at radius 1 is 1.33 bits per heavy atom. The smallest absolute Gasteiger partial charge is 0.240 e. The Kier molecular flexibility index (Phi) is 2.57. The summed E-state index contributed by atoms with van der Waals surface area (Å²) in [6.07, 6.45) is -0.312. The fourth-order valence-electron chi connectivity index (χ4n) is 1.69. The molecule has 6 heteroatoms. The van der Waals surface area contributed by atoms with E-state index in [9.17, 15) is 0 Å². The number of ether oxygens (including phenoxy) is 2. The zero-order valence-electron chi connectivity index (χ0n) is 9.37. The fourth-order valence-corrected chi connectivity index (χ4v) is 1.69. The summed E-state index contributed by atoms with van der Waals surface area (Å²) < 4.78 is 16.2. The van der Waals surface area contributed by atoms with Gasteiger partial charge < -0.3 is 14.0 Å². The van der Waals surface area contributed by atoms with Crippen LogP contribution in [0.4, 0.5) is 0 Å². The molecule has 1 aromatic carbocycles. The van der Waals surface area contributed by atoms with Gasteiger partial charge in [0.2, 0.25) is 11.7 Å². The summed E-state index contributed by atoms with van der Waals surface area (Å²) in [6.45, 7) is 0.322. The summed E-state index contributed by atoms with van der Waals surface area (Å²) >= 11 is 0. The van der Waals surface area contributed by atoms with Crippen molar-refractivity contribution in [2.75, 3.05) is 6.61 Å². The summed E-state index contributed by atoms with van der Waals surface area (Å²) in [5.41, 5.74) is 0. The molecule has 1 atom stereocenters. The van der Waals surface area contributed by atoms with Crippen molar-refractivity contribution in [1.29, 1.82) is 5.26 Å². The highest BCUT2D eigenvalue weighted by Gasteiger charge is 2.26. The maximum Gasteiger partial charge on any atom is 0.240 e. The molecule has 6 nitrogen and oxygen atoms in total. The zero-order chi connectivity index (χ0) is 12.4. The minimum absolute atomic E-state index is 0.0944. The summed E-state index contributed by atoms with van der Waals surface area (Å²) in [5, 5.41) is 12.3.